The molecule has 0 heterocycles. The number of rotatable bonds is 55. The van der Waals surface area contributed by atoms with Crippen molar-refractivity contribution in [1.82, 2.24) is 5.32 Å². The number of hydrogen-bond donors (Lipinski definition) is 3. The maximum atomic E-state index is 12.5. The number of aliphatic hydroxyl groups is 2. The maximum absolute atomic E-state index is 12.5. The number of allylic oxidation sites excluding steroid dienone is 23. The summed E-state index contributed by atoms with van der Waals surface area (Å²) >= 11 is 0. The van der Waals surface area contributed by atoms with Gasteiger partial charge in [-0.2, -0.15) is 0 Å². The average Bonchev–Trinajstić information content (AvgIpc) is 3.40. The third kappa shape index (κ3) is 59.2. The molecule has 3 N–H and O–H groups in total. The smallest absolute Gasteiger partial charge is 0.220 e. The van der Waals surface area contributed by atoms with E-state index in [-0.39, 0.29) is 12.5 Å². The molecule has 2 unspecified atom stereocenters. The van der Waals surface area contributed by atoms with Gasteiger partial charge in [0.1, 0.15) is 0 Å². The predicted octanol–water partition coefficient (Wildman–Crippen LogP) is 21.1. The van der Waals surface area contributed by atoms with Crippen LogP contribution in [0.2, 0.25) is 0 Å². The summed E-state index contributed by atoms with van der Waals surface area (Å²) in [5.74, 6) is -0.0866. The minimum atomic E-state index is -0.877. The van der Waals surface area contributed by atoms with E-state index in [2.05, 4.69) is 153 Å². The van der Waals surface area contributed by atoms with Gasteiger partial charge in [-0.25, -0.2) is 0 Å². The fraction of sp³-hybridized carbons (Fsp3) is 0.643. The van der Waals surface area contributed by atoms with Crippen molar-refractivity contribution in [3.05, 3.63) is 146 Å². The van der Waals surface area contributed by atoms with Crippen LogP contribution >= 0.6 is 0 Å². The highest BCUT2D eigenvalue weighted by atomic mass is 16.3. The van der Waals surface area contributed by atoms with E-state index in [0.717, 1.165) is 109 Å². The van der Waals surface area contributed by atoms with E-state index >= 15 is 0 Å². The molecule has 0 saturated heterocycles. The Hall–Kier alpha value is -3.73. The third-order valence-corrected chi connectivity index (χ3v) is 13.3. The molecule has 0 aromatic rings. The lowest BCUT2D eigenvalue weighted by Gasteiger charge is -2.19. The van der Waals surface area contributed by atoms with Gasteiger partial charge in [-0.3, -0.25) is 4.79 Å². The summed E-state index contributed by atoms with van der Waals surface area (Å²) in [5.41, 5.74) is 0. The van der Waals surface area contributed by atoms with Gasteiger partial charge < -0.3 is 15.5 Å². The van der Waals surface area contributed by atoms with Crippen molar-refractivity contribution < 1.29 is 15.0 Å². The van der Waals surface area contributed by atoms with Crippen LogP contribution in [0.4, 0.5) is 0 Å². The molecule has 4 nitrogen and oxygen atoms in total. The quantitative estimate of drug-likeness (QED) is 0.0420. The van der Waals surface area contributed by atoms with E-state index in [4.69, 9.17) is 0 Å². The van der Waals surface area contributed by atoms with Crippen LogP contribution in [0.5, 0.6) is 0 Å². The van der Waals surface area contributed by atoms with Crippen molar-refractivity contribution >= 4 is 5.91 Å². The van der Waals surface area contributed by atoms with Crippen LogP contribution in [0.25, 0.3) is 0 Å². The number of aliphatic hydroxyl groups excluding tert-OH is 2. The van der Waals surface area contributed by atoms with E-state index in [1.807, 2.05) is 6.08 Å². The van der Waals surface area contributed by atoms with Crippen LogP contribution in [-0.4, -0.2) is 34.9 Å². The lowest BCUT2D eigenvalue weighted by Crippen LogP contribution is -2.45. The third-order valence-electron chi connectivity index (χ3n) is 13.3. The molecule has 0 aromatic heterocycles. The molecule has 1 amide bonds. The molecule has 420 valence electrons. The lowest BCUT2D eigenvalue weighted by atomic mass is 10.0. The zero-order valence-corrected chi connectivity index (χ0v) is 48.3. The molecule has 4 heteroatoms. The molecule has 0 bridgehead atoms. The van der Waals surface area contributed by atoms with Crippen LogP contribution in [0.1, 0.15) is 271 Å². The van der Waals surface area contributed by atoms with Crippen LogP contribution in [0, 0.1) is 0 Å². The number of unbranched alkanes of at least 4 members (excludes halogenated alkanes) is 26. The Labute approximate surface area is 459 Å². The fourth-order valence-corrected chi connectivity index (χ4v) is 8.64. The molecule has 0 aliphatic rings. The molecule has 0 aliphatic carbocycles. The highest BCUT2D eigenvalue weighted by Crippen LogP contribution is 2.15. The Balaban J connectivity index is 3.65. The molecule has 2 atom stereocenters. The van der Waals surface area contributed by atoms with Crippen molar-refractivity contribution in [2.24, 2.45) is 0 Å². The summed E-state index contributed by atoms with van der Waals surface area (Å²) in [5, 5.41) is 23.2. The number of nitrogens with one attached hydrogen (secondary N) is 1. The largest absolute Gasteiger partial charge is 0.394 e. The van der Waals surface area contributed by atoms with Crippen LogP contribution < -0.4 is 5.32 Å². The van der Waals surface area contributed by atoms with Gasteiger partial charge in [0.05, 0.1) is 18.8 Å². The van der Waals surface area contributed by atoms with Gasteiger partial charge in [0.25, 0.3) is 0 Å². The highest BCUT2D eigenvalue weighted by molar-refractivity contribution is 5.76. The molecule has 0 aromatic carbocycles. The Bertz CT molecular complexity index is 1530. The first-order valence-corrected chi connectivity index (χ1v) is 31.0. The number of amides is 1. The van der Waals surface area contributed by atoms with Gasteiger partial charge in [-0.15, -0.1) is 0 Å². The standard InChI is InChI=1S/C70H117NO3/c1-3-5-7-9-11-13-15-17-19-21-23-25-27-28-29-30-31-32-33-34-35-36-37-38-39-40-41-42-44-46-48-50-52-54-56-58-60-62-64-66-70(74)71-68(67-72)69(73)65-63-61-59-57-55-53-51-49-47-45-43-26-24-22-20-18-16-14-12-10-8-6-4-2/h5,7,11,13,17,19,23,25,28-29,31-32,34-35,37-38,40-41,44,46,55,57,63,65,68-69,72-73H,3-4,6,8-10,12,14-16,18,20-22,24,26-27,30,33,36,39,42-43,45,47-54,56,58-62,64,66-67H2,1-2H3,(H,71,74)/b7-5-,13-11-,19-17-,25-23-,29-28-,32-31-,35-34-,38-37-,41-40-,46-44-,57-55+,65-63+. The summed E-state index contributed by atoms with van der Waals surface area (Å²) in [6, 6.07) is -0.655. The molecular weight excluding hydrogens is 903 g/mol. The van der Waals surface area contributed by atoms with E-state index < -0.39 is 12.1 Å². The van der Waals surface area contributed by atoms with E-state index in [1.54, 1.807) is 6.08 Å². The molecular formula is C70H117NO3. The second-order valence-electron chi connectivity index (χ2n) is 20.4. The molecule has 0 aliphatic heterocycles. The van der Waals surface area contributed by atoms with Gasteiger partial charge in [-0.1, -0.05) is 301 Å². The minimum absolute atomic E-state index is 0.0866. The Kier molecular flexibility index (Phi) is 60.4. The second-order valence-corrected chi connectivity index (χ2v) is 20.4. The molecule has 0 radical (unpaired) electrons. The summed E-state index contributed by atoms with van der Waals surface area (Å²) in [6.07, 6.45) is 100. The summed E-state index contributed by atoms with van der Waals surface area (Å²) in [4.78, 5) is 12.5. The number of carbonyl (C=O) groups is 1. The molecule has 0 rings (SSSR count). The minimum Gasteiger partial charge on any atom is -0.394 e. The molecule has 0 fully saturated rings. The topological polar surface area (TPSA) is 69.6 Å². The first kappa shape index (κ1) is 70.3. The Morgan fingerprint density at radius 1 is 0.338 bits per heavy atom. The van der Waals surface area contributed by atoms with Gasteiger partial charge >= 0.3 is 0 Å². The monoisotopic (exact) mass is 1020 g/mol. The van der Waals surface area contributed by atoms with Gasteiger partial charge in [0.15, 0.2) is 0 Å². The fourth-order valence-electron chi connectivity index (χ4n) is 8.64. The van der Waals surface area contributed by atoms with Crippen molar-refractivity contribution in [2.75, 3.05) is 6.61 Å². The summed E-state index contributed by atoms with van der Waals surface area (Å²) in [6.45, 7) is 4.19. The van der Waals surface area contributed by atoms with Crippen molar-refractivity contribution in [2.45, 2.75) is 283 Å². The zero-order valence-electron chi connectivity index (χ0n) is 48.3. The molecule has 74 heavy (non-hydrogen) atoms. The molecule has 0 spiro atoms. The Morgan fingerprint density at radius 2 is 0.608 bits per heavy atom. The highest BCUT2D eigenvalue weighted by Gasteiger charge is 2.18. The SMILES string of the molecule is CC/C=C\C/C=C\C/C=C\C/C=C\C/C=C\C/C=C\C/C=C\C/C=C\C/C=C\C/C=C\CCCCCCCCCCC(=O)NC(CO)C(O)/C=C/CC/C=C/CCCCCCCCCCCCCCCCCCC. The first-order chi connectivity index (χ1) is 36.7. The number of carbonyl (C=O) groups excluding carboxylic acids is 1. The predicted molar refractivity (Wildman–Crippen MR) is 331 cm³/mol. The van der Waals surface area contributed by atoms with Crippen molar-refractivity contribution in [3.8, 4) is 0 Å². The van der Waals surface area contributed by atoms with E-state index in [1.165, 1.54) is 141 Å². The van der Waals surface area contributed by atoms with E-state index in [9.17, 15) is 15.0 Å². The normalized spacial score (nSPS) is 13.8. The van der Waals surface area contributed by atoms with Crippen LogP contribution in [0.15, 0.2) is 146 Å². The van der Waals surface area contributed by atoms with Crippen LogP contribution in [-0.2, 0) is 4.79 Å². The van der Waals surface area contributed by atoms with Gasteiger partial charge in [0, 0.05) is 6.42 Å². The number of hydrogen-bond acceptors (Lipinski definition) is 3. The van der Waals surface area contributed by atoms with Gasteiger partial charge in [0.2, 0.25) is 5.91 Å². The maximum Gasteiger partial charge on any atom is 0.220 e. The Morgan fingerprint density at radius 3 is 0.946 bits per heavy atom. The lowest BCUT2D eigenvalue weighted by molar-refractivity contribution is -0.123. The van der Waals surface area contributed by atoms with Gasteiger partial charge in [-0.05, 0) is 109 Å². The van der Waals surface area contributed by atoms with Crippen molar-refractivity contribution in [3.63, 3.8) is 0 Å². The second kappa shape index (κ2) is 63.6. The summed E-state index contributed by atoms with van der Waals surface area (Å²) in [7, 11) is 0. The van der Waals surface area contributed by atoms with E-state index in [0.29, 0.717) is 6.42 Å². The van der Waals surface area contributed by atoms with Crippen LogP contribution in [0.3, 0.4) is 0 Å². The summed E-state index contributed by atoms with van der Waals surface area (Å²) < 4.78 is 0. The average molecular weight is 1020 g/mol. The zero-order chi connectivity index (χ0) is 53.4. The molecule has 0 saturated carbocycles. The first-order valence-electron chi connectivity index (χ1n) is 31.0. The van der Waals surface area contributed by atoms with Crippen molar-refractivity contribution in [1.29, 1.82) is 0 Å².